The second-order valence-electron chi connectivity index (χ2n) is 6.60. The van der Waals surface area contributed by atoms with E-state index >= 15 is 0 Å². The van der Waals surface area contributed by atoms with Crippen LogP contribution in [0.25, 0.3) is 5.69 Å². The number of nitrogens with one attached hydrogen (secondary N) is 1. The van der Waals surface area contributed by atoms with Gasteiger partial charge in [0.1, 0.15) is 5.82 Å². The molecule has 1 N–H and O–H groups in total. The Morgan fingerprint density at radius 1 is 1.17 bits per heavy atom. The maximum absolute atomic E-state index is 13.5. The van der Waals surface area contributed by atoms with Crippen molar-refractivity contribution in [2.75, 3.05) is 22.5 Å². The zero-order chi connectivity index (χ0) is 20.2. The van der Waals surface area contributed by atoms with Crippen molar-refractivity contribution in [2.45, 2.75) is 18.0 Å². The molecule has 1 fully saturated rings. The Hall–Kier alpha value is -3.13. The topological polar surface area (TPSA) is 67.2 Å². The third kappa shape index (κ3) is 4.48. The molecule has 0 saturated carbocycles. The van der Waals surface area contributed by atoms with Crippen molar-refractivity contribution in [3.05, 3.63) is 66.7 Å². The lowest BCUT2D eigenvalue weighted by Gasteiger charge is -2.16. The first kappa shape index (κ1) is 19.2. The summed E-state index contributed by atoms with van der Waals surface area (Å²) >= 11 is 1.26. The third-order valence-corrected chi connectivity index (χ3v) is 5.51. The van der Waals surface area contributed by atoms with Crippen LogP contribution in [0.1, 0.15) is 12.8 Å². The van der Waals surface area contributed by atoms with E-state index in [9.17, 15) is 14.0 Å². The molecular formula is C21H19FN4O2S. The van der Waals surface area contributed by atoms with Gasteiger partial charge in [0.25, 0.3) is 0 Å². The first-order valence-corrected chi connectivity index (χ1v) is 10.2. The molecule has 148 valence electrons. The molecule has 2 aromatic carbocycles. The molecular weight excluding hydrogens is 391 g/mol. The number of thioether (sulfide) groups is 1. The summed E-state index contributed by atoms with van der Waals surface area (Å²) in [6.45, 7) is 0.703. The monoisotopic (exact) mass is 410 g/mol. The Morgan fingerprint density at radius 3 is 2.79 bits per heavy atom. The molecule has 2 heterocycles. The normalized spacial score (nSPS) is 13.7. The van der Waals surface area contributed by atoms with Gasteiger partial charge in [-0.2, -0.15) is 0 Å². The Balaban J connectivity index is 1.39. The van der Waals surface area contributed by atoms with Crippen molar-refractivity contribution < 1.29 is 14.0 Å². The predicted molar refractivity (Wildman–Crippen MR) is 111 cm³/mol. The number of amides is 2. The predicted octanol–water partition coefficient (Wildman–Crippen LogP) is 3.87. The minimum Gasteiger partial charge on any atom is -0.325 e. The van der Waals surface area contributed by atoms with Crippen molar-refractivity contribution in [1.29, 1.82) is 0 Å². The van der Waals surface area contributed by atoms with Crippen LogP contribution in [0.4, 0.5) is 15.8 Å². The minimum absolute atomic E-state index is 0.105. The van der Waals surface area contributed by atoms with E-state index in [0.717, 1.165) is 12.1 Å². The van der Waals surface area contributed by atoms with Crippen LogP contribution in [0.15, 0.2) is 66.1 Å². The van der Waals surface area contributed by atoms with E-state index in [1.807, 2.05) is 12.1 Å². The van der Waals surface area contributed by atoms with Gasteiger partial charge in [-0.25, -0.2) is 9.37 Å². The molecule has 6 nitrogen and oxygen atoms in total. The van der Waals surface area contributed by atoms with Crippen LogP contribution in [0.3, 0.4) is 0 Å². The average molecular weight is 410 g/mol. The molecule has 2 amide bonds. The van der Waals surface area contributed by atoms with Gasteiger partial charge in [0.15, 0.2) is 5.16 Å². The highest BCUT2D eigenvalue weighted by molar-refractivity contribution is 7.99. The first-order chi connectivity index (χ1) is 14.1. The van der Waals surface area contributed by atoms with Crippen molar-refractivity contribution in [3.8, 4) is 5.69 Å². The zero-order valence-corrected chi connectivity index (χ0v) is 16.4. The first-order valence-electron chi connectivity index (χ1n) is 9.22. The molecule has 0 atom stereocenters. The molecule has 29 heavy (non-hydrogen) atoms. The second kappa shape index (κ2) is 8.48. The second-order valence-corrected chi connectivity index (χ2v) is 7.54. The van der Waals surface area contributed by atoms with Gasteiger partial charge in [-0.3, -0.25) is 14.2 Å². The number of rotatable bonds is 6. The third-order valence-electron chi connectivity index (χ3n) is 4.54. The highest BCUT2D eigenvalue weighted by Gasteiger charge is 2.21. The van der Waals surface area contributed by atoms with E-state index in [1.54, 1.807) is 46.1 Å². The van der Waals surface area contributed by atoms with E-state index in [1.165, 1.54) is 23.9 Å². The van der Waals surface area contributed by atoms with Crippen molar-refractivity contribution in [2.24, 2.45) is 0 Å². The molecule has 0 unspecified atom stereocenters. The van der Waals surface area contributed by atoms with Gasteiger partial charge < -0.3 is 10.2 Å². The molecule has 1 saturated heterocycles. The summed E-state index contributed by atoms with van der Waals surface area (Å²) in [5.74, 6) is -0.262. The molecule has 3 aromatic rings. The van der Waals surface area contributed by atoms with Crippen LogP contribution < -0.4 is 10.2 Å². The summed E-state index contributed by atoms with van der Waals surface area (Å²) in [7, 11) is 0. The summed E-state index contributed by atoms with van der Waals surface area (Å²) in [6, 6.07) is 13.5. The number of hydrogen-bond acceptors (Lipinski definition) is 4. The number of carbonyl (C=O) groups excluding carboxylic acids is 2. The SMILES string of the molecule is O=C(CSc1nccn1-c1cccc(F)c1)Nc1cccc(N2CCCC2=O)c1. The van der Waals surface area contributed by atoms with Crippen molar-refractivity contribution in [3.63, 3.8) is 0 Å². The van der Waals surface area contributed by atoms with Crippen molar-refractivity contribution >= 4 is 35.0 Å². The highest BCUT2D eigenvalue weighted by atomic mass is 32.2. The lowest BCUT2D eigenvalue weighted by atomic mass is 10.2. The molecule has 0 radical (unpaired) electrons. The Kier molecular flexibility index (Phi) is 5.62. The number of aromatic nitrogens is 2. The van der Waals surface area contributed by atoms with Crippen molar-refractivity contribution in [1.82, 2.24) is 9.55 Å². The summed E-state index contributed by atoms with van der Waals surface area (Å²) in [5.41, 5.74) is 2.08. The van der Waals surface area contributed by atoms with Crippen LogP contribution in [0, 0.1) is 5.82 Å². The average Bonchev–Trinajstić information content (AvgIpc) is 3.35. The number of nitrogens with zero attached hydrogens (tertiary/aromatic N) is 3. The summed E-state index contributed by atoms with van der Waals surface area (Å²) in [5, 5.41) is 3.46. The molecule has 1 aliphatic rings. The maximum atomic E-state index is 13.5. The zero-order valence-electron chi connectivity index (χ0n) is 15.5. The van der Waals surface area contributed by atoms with Gasteiger partial charge >= 0.3 is 0 Å². The van der Waals surface area contributed by atoms with E-state index in [2.05, 4.69) is 10.3 Å². The van der Waals surface area contributed by atoms with Gasteiger partial charge in [0.05, 0.1) is 11.4 Å². The van der Waals surface area contributed by atoms with Gasteiger partial charge in [-0.1, -0.05) is 23.9 Å². The highest BCUT2D eigenvalue weighted by Crippen LogP contribution is 2.25. The molecule has 1 aliphatic heterocycles. The molecule has 8 heteroatoms. The standard InChI is InChI=1S/C21H19FN4O2S/c22-15-4-1-6-17(12-15)26-11-9-23-21(26)29-14-19(27)24-16-5-2-7-18(13-16)25-10-3-8-20(25)28/h1-2,4-7,9,11-13H,3,8,10,14H2,(H,24,27). The van der Waals surface area contributed by atoms with Gasteiger partial charge in [-0.05, 0) is 42.8 Å². The maximum Gasteiger partial charge on any atom is 0.234 e. The lowest BCUT2D eigenvalue weighted by molar-refractivity contribution is -0.117. The van der Waals surface area contributed by atoms with Gasteiger partial charge in [-0.15, -0.1) is 0 Å². The Morgan fingerprint density at radius 2 is 2.00 bits per heavy atom. The molecule has 0 bridgehead atoms. The summed E-state index contributed by atoms with van der Waals surface area (Å²) in [4.78, 5) is 30.3. The van der Waals surface area contributed by atoms with Gasteiger partial charge in [0, 0.05) is 36.7 Å². The van der Waals surface area contributed by atoms with Crippen LogP contribution >= 0.6 is 11.8 Å². The van der Waals surface area contributed by atoms with Crippen LogP contribution in [-0.4, -0.2) is 33.7 Å². The number of anilines is 2. The fourth-order valence-corrected chi connectivity index (χ4v) is 3.99. The number of imidazole rings is 1. The van der Waals surface area contributed by atoms with E-state index < -0.39 is 0 Å². The molecule has 0 spiro atoms. The fraction of sp³-hybridized carbons (Fsp3) is 0.190. The van der Waals surface area contributed by atoms with Gasteiger partial charge in [0.2, 0.25) is 11.8 Å². The van der Waals surface area contributed by atoms with Crippen LogP contribution in [0.2, 0.25) is 0 Å². The molecule has 0 aliphatic carbocycles. The van der Waals surface area contributed by atoms with Crippen LogP contribution in [0.5, 0.6) is 0 Å². The minimum atomic E-state index is -0.332. The van der Waals surface area contributed by atoms with E-state index in [4.69, 9.17) is 0 Å². The smallest absolute Gasteiger partial charge is 0.234 e. The Labute approximate surface area is 171 Å². The fourth-order valence-electron chi connectivity index (χ4n) is 3.22. The quantitative estimate of drug-likeness (QED) is 0.627. The molecule has 4 rings (SSSR count). The van der Waals surface area contributed by atoms with E-state index in [0.29, 0.717) is 29.5 Å². The summed E-state index contributed by atoms with van der Waals surface area (Å²) < 4.78 is 15.2. The molecule has 1 aromatic heterocycles. The van der Waals surface area contributed by atoms with E-state index in [-0.39, 0.29) is 23.4 Å². The number of halogens is 1. The Bertz CT molecular complexity index is 1050. The number of hydrogen-bond donors (Lipinski definition) is 1. The summed E-state index contributed by atoms with van der Waals surface area (Å²) in [6.07, 6.45) is 4.75. The largest absolute Gasteiger partial charge is 0.325 e. The number of benzene rings is 2. The van der Waals surface area contributed by atoms with Crippen LogP contribution in [-0.2, 0) is 9.59 Å². The number of carbonyl (C=O) groups is 2. The lowest BCUT2D eigenvalue weighted by Crippen LogP contribution is -2.23.